The van der Waals surface area contributed by atoms with Crippen molar-refractivity contribution in [3.05, 3.63) is 95.6 Å². The maximum Gasteiger partial charge on any atom is 0.150 e. The second-order valence-corrected chi connectivity index (χ2v) is 6.82. The first-order valence-electron chi connectivity index (χ1n) is 9.28. The van der Waals surface area contributed by atoms with Gasteiger partial charge in [0.15, 0.2) is 0 Å². The molecular formula is C22H21ClF2N4. The lowest BCUT2D eigenvalue weighted by molar-refractivity contribution is 0.389. The predicted molar refractivity (Wildman–Crippen MR) is 111 cm³/mol. The second kappa shape index (κ2) is 8.66. The van der Waals surface area contributed by atoms with Crippen LogP contribution >= 0.6 is 12.4 Å². The van der Waals surface area contributed by atoms with E-state index in [-0.39, 0.29) is 30.1 Å². The molecule has 29 heavy (non-hydrogen) atoms. The van der Waals surface area contributed by atoms with Gasteiger partial charge in [-0.15, -0.1) is 12.4 Å². The summed E-state index contributed by atoms with van der Waals surface area (Å²) < 4.78 is 27.2. The van der Waals surface area contributed by atoms with Crippen LogP contribution in [0.25, 0.3) is 0 Å². The van der Waals surface area contributed by atoms with Crippen molar-refractivity contribution in [3.63, 3.8) is 0 Å². The summed E-state index contributed by atoms with van der Waals surface area (Å²) in [5.74, 6) is 0.0106. The largest absolute Gasteiger partial charge is 0.353 e. The highest BCUT2D eigenvalue weighted by molar-refractivity contribution is 5.99. The van der Waals surface area contributed by atoms with E-state index in [1.807, 2.05) is 0 Å². The Bertz CT molecular complexity index is 930. The lowest BCUT2D eigenvalue weighted by Crippen LogP contribution is -2.49. The van der Waals surface area contributed by atoms with Gasteiger partial charge in [0.1, 0.15) is 28.7 Å². The van der Waals surface area contributed by atoms with Gasteiger partial charge >= 0.3 is 0 Å². The van der Waals surface area contributed by atoms with Gasteiger partial charge in [-0.1, -0.05) is 37.6 Å². The molecule has 7 heteroatoms. The Labute approximate surface area is 174 Å². The number of benzene rings is 2. The molecule has 1 aliphatic rings. The summed E-state index contributed by atoms with van der Waals surface area (Å²) in [6.45, 7) is 2.09. The molecule has 1 aliphatic heterocycles. The monoisotopic (exact) mass is 414 g/mol. The molecular weight excluding hydrogens is 394 g/mol. The average Bonchev–Trinajstić information content (AvgIpc) is 3.10. The highest BCUT2D eigenvalue weighted by atomic mass is 35.5. The van der Waals surface area contributed by atoms with Crippen LogP contribution in [-0.4, -0.2) is 21.8 Å². The van der Waals surface area contributed by atoms with E-state index >= 15 is 0 Å². The molecule has 4 rings (SSSR count). The first-order chi connectivity index (χ1) is 13.6. The Hall–Kier alpha value is -2.86. The van der Waals surface area contributed by atoms with Gasteiger partial charge in [0.05, 0.1) is 12.2 Å². The number of hydrogen-bond acceptors (Lipinski definition) is 4. The number of nitrogens with zero attached hydrogens (tertiary/aromatic N) is 3. The Kier molecular flexibility index (Phi) is 6.23. The van der Waals surface area contributed by atoms with E-state index in [1.54, 1.807) is 42.9 Å². The van der Waals surface area contributed by atoms with Gasteiger partial charge in [-0.25, -0.2) is 13.8 Å². The molecule has 1 N–H and O–H groups in total. The van der Waals surface area contributed by atoms with E-state index in [0.29, 0.717) is 11.5 Å². The highest BCUT2D eigenvalue weighted by Crippen LogP contribution is 2.40. The molecule has 0 bridgehead atoms. The van der Waals surface area contributed by atoms with Crippen LogP contribution in [0.4, 0.5) is 8.78 Å². The van der Waals surface area contributed by atoms with Crippen molar-refractivity contribution >= 4 is 18.2 Å². The quantitative estimate of drug-likeness (QED) is 0.661. The van der Waals surface area contributed by atoms with Crippen molar-refractivity contribution < 1.29 is 8.78 Å². The zero-order valence-electron chi connectivity index (χ0n) is 15.8. The fraction of sp³-hybridized carbons (Fsp3) is 0.227. The van der Waals surface area contributed by atoms with E-state index in [4.69, 9.17) is 4.99 Å². The third kappa shape index (κ3) is 3.85. The molecule has 0 aliphatic carbocycles. The number of rotatable bonds is 5. The molecule has 1 aromatic heterocycles. The third-order valence-corrected chi connectivity index (χ3v) is 5.07. The van der Waals surface area contributed by atoms with Crippen LogP contribution < -0.4 is 5.32 Å². The number of hydrogen-bond donors (Lipinski definition) is 1. The van der Waals surface area contributed by atoms with Crippen molar-refractivity contribution in [1.29, 1.82) is 0 Å². The van der Waals surface area contributed by atoms with Crippen LogP contribution in [0.1, 0.15) is 36.6 Å². The smallest absolute Gasteiger partial charge is 0.150 e. The maximum atomic E-state index is 13.6. The van der Waals surface area contributed by atoms with Crippen molar-refractivity contribution in [1.82, 2.24) is 15.3 Å². The van der Waals surface area contributed by atoms with Gasteiger partial charge in [-0.2, -0.15) is 0 Å². The molecule has 0 spiro atoms. The van der Waals surface area contributed by atoms with E-state index in [1.165, 1.54) is 24.3 Å². The Morgan fingerprint density at radius 3 is 2.00 bits per heavy atom. The van der Waals surface area contributed by atoms with E-state index in [2.05, 4.69) is 22.2 Å². The Morgan fingerprint density at radius 2 is 1.52 bits per heavy atom. The molecule has 1 unspecified atom stereocenters. The van der Waals surface area contributed by atoms with E-state index in [0.717, 1.165) is 24.0 Å². The molecule has 0 saturated heterocycles. The van der Waals surface area contributed by atoms with Gasteiger partial charge in [0.25, 0.3) is 0 Å². The minimum absolute atomic E-state index is 0. The zero-order valence-corrected chi connectivity index (χ0v) is 16.7. The van der Waals surface area contributed by atoms with Crippen molar-refractivity contribution in [2.45, 2.75) is 31.3 Å². The molecule has 1 atom stereocenters. The van der Waals surface area contributed by atoms with E-state index < -0.39 is 5.54 Å². The normalized spacial score (nSPS) is 17.2. The summed E-state index contributed by atoms with van der Waals surface area (Å²) in [6, 6.07) is 12.6. The second-order valence-electron chi connectivity index (χ2n) is 6.82. The third-order valence-electron chi connectivity index (χ3n) is 5.07. The summed E-state index contributed by atoms with van der Waals surface area (Å²) in [5.41, 5.74) is 1.61. The Morgan fingerprint density at radius 1 is 0.931 bits per heavy atom. The molecule has 2 aromatic carbocycles. The minimum atomic E-state index is -0.746. The number of halogens is 3. The molecule has 3 aromatic rings. The first-order valence-corrected chi connectivity index (χ1v) is 9.28. The molecule has 4 nitrogen and oxygen atoms in total. The predicted octanol–water partition coefficient (Wildman–Crippen LogP) is 4.64. The lowest BCUT2D eigenvalue weighted by Gasteiger charge is -2.36. The van der Waals surface area contributed by atoms with Crippen LogP contribution in [0, 0.1) is 11.6 Å². The standard InChI is InChI=1S/C22H20F2N4.ClH/c1-2-3-20-22(15-4-8-17(23)9-5-15,16-6-10-18(24)11-7-16)28-21(27-20)19-14-25-12-13-26-19;/h4-14,20H,2-3H2,1H3,(H,27,28);1H. The molecule has 150 valence electrons. The molecule has 2 heterocycles. The number of aliphatic imine (C=N–C) groups is 1. The van der Waals surface area contributed by atoms with Crippen LogP contribution in [0.5, 0.6) is 0 Å². The fourth-order valence-electron chi connectivity index (χ4n) is 3.78. The van der Waals surface area contributed by atoms with Gasteiger partial charge in [0, 0.05) is 12.4 Å². The maximum absolute atomic E-state index is 13.6. The van der Waals surface area contributed by atoms with Gasteiger partial charge in [0.2, 0.25) is 0 Å². The van der Waals surface area contributed by atoms with Gasteiger partial charge in [-0.05, 0) is 41.8 Å². The highest BCUT2D eigenvalue weighted by Gasteiger charge is 2.47. The summed E-state index contributed by atoms with van der Waals surface area (Å²) in [4.78, 5) is 13.4. The fourth-order valence-corrected chi connectivity index (χ4v) is 3.78. The number of aromatic nitrogens is 2. The zero-order chi connectivity index (χ0) is 19.6. The van der Waals surface area contributed by atoms with Gasteiger partial charge in [-0.3, -0.25) is 9.98 Å². The number of amidine groups is 1. The van der Waals surface area contributed by atoms with Gasteiger partial charge < -0.3 is 5.32 Å². The molecule has 0 fully saturated rings. The van der Waals surface area contributed by atoms with Crippen LogP contribution in [0.2, 0.25) is 0 Å². The van der Waals surface area contributed by atoms with Crippen molar-refractivity contribution in [3.8, 4) is 0 Å². The summed E-state index contributed by atoms with van der Waals surface area (Å²) >= 11 is 0. The topological polar surface area (TPSA) is 50.2 Å². The minimum Gasteiger partial charge on any atom is -0.353 e. The molecule has 0 amide bonds. The SMILES string of the molecule is CCCC1N=C(c2cnccn2)NC1(c1ccc(F)cc1)c1ccc(F)cc1.Cl. The van der Waals surface area contributed by atoms with Crippen LogP contribution in [0.3, 0.4) is 0 Å². The summed E-state index contributed by atoms with van der Waals surface area (Å²) in [6.07, 6.45) is 6.58. The first kappa shape index (κ1) is 20.9. The number of nitrogens with one attached hydrogen (secondary N) is 1. The Balaban J connectivity index is 0.00000240. The van der Waals surface area contributed by atoms with Crippen LogP contribution in [0.15, 0.2) is 72.1 Å². The van der Waals surface area contributed by atoms with Crippen molar-refractivity contribution in [2.24, 2.45) is 4.99 Å². The van der Waals surface area contributed by atoms with Crippen LogP contribution in [-0.2, 0) is 5.54 Å². The average molecular weight is 415 g/mol. The molecule has 0 radical (unpaired) electrons. The van der Waals surface area contributed by atoms with E-state index in [9.17, 15) is 8.78 Å². The summed E-state index contributed by atoms with van der Waals surface area (Å²) in [5, 5.41) is 3.53. The summed E-state index contributed by atoms with van der Waals surface area (Å²) in [7, 11) is 0. The molecule has 0 saturated carbocycles. The van der Waals surface area contributed by atoms with Crippen molar-refractivity contribution in [2.75, 3.05) is 0 Å². The lowest BCUT2D eigenvalue weighted by atomic mass is 9.76.